The van der Waals surface area contributed by atoms with Gasteiger partial charge in [-0.2, -0.15) is 13.2 Å². The van der Waals surface area contributed by atoms with E-state index < -0.39 is 23.5 Å². The van der Waals surface area contributed by atoms with E-state index in [1.807, 2.05) is 0 Å². The standard InChI is InChI=1S/C14H12F3NO/c15-14(16,17)11-8-4-7-10(12(11)18)13(19)9-5-2-1-3-6-9/h1-8,13,19H,18H2. The van der Waals surface area contributed by atoms with Crippen molar-refractivity contribution in [3.05, 3.63) is 65.2 Å². The van der Waals surface area contributed by atoms with Crippen LogP contribution in [0.5, 0.6) is 0 Å². The third-order valence-corrected chi connectivity index (χ3v) is 2.86. The first-order valence-corrected chi connectivity index (χ1v) is 5.60. The Morgan fingerprint density at radius 2 is 1.58 bits per heavy atom. The smallest absolute Gasteiger partial charge is 0.398 e. The topological polar surface area (TPSA) is 46.2 Å². The average molecular weight is 267 g/mol. The van der Waals surface area contributed by atoms with Crippen LogP contribution in [0.25, 0.3) is 0 Å². The van der Waals surface area contributed by atoms with Gasteiger partial charge in [-0.3, -0.25) is 0 Å². The molecule has 2 aromatic rings. The Morgan fingerprint density at radius 3 is 2.16 bits per heavy atom. The van der Waals surface area contributed by atoms with E-state index >= 15 is 0 Å². The van der Waals surface area contributed by atoms with Gasteiger partial charge in [0.1, 0.15) is 6.10 Å². The average Bonchev–Trinajstić information content (AvgIpc) is 2.38. The van der Waals surface area contributed by atoms with Gasteiger partial charge in [0.15, 0.2) is 0 Å². The van der Waals surface area contributed by atoms with E-state index in [2.05, 4.69) is 0 Å². The van der Waals surface area contributed by atoms with E-state index in [4.69, 9.17) is 5.73 Å². The summed E-state index contributed by atoms with van der Waals surface area (Å²) in [5.41, 5.74) is 4.71. The van der Waals surface area contributed by atoms with Crippen molar-refractivity contribution in [2.45, 2.75) is 12.3 Å². The number of aliphatic hydroxyl groups excluding tert-OH is 1. The van der Waals surface area contributed by atoms with Crippen LogP contribution in [0.1, 0.15) is 22.8 Å². The zero-order valence-corrected chi connectivity index (χ0v) is 9.85. The minimum Gasteiger partial charge on any atom is -0.398 e. The highest BCUT2D eigenvalue weighted by Crippen LogP contribution is 2.37. The van der Waals surface area contributed by atoms with Gasteiger partial charge in [-0.05, 0) is 11.6 Å². The Labute approximate surface area is 108 Å². The Bertz CT molecular complexity index is 567. The number of alkyl halides is 3. The Kier molecular flexibility index (Phi) is 3.48. The Morgan fingerprint density at radius 1 is 0.947 bits per heavy atom. The van der Waals surface area contributed by atoms with Crippen molar-refractivity contribution in [1.82, 2.24) is 0 Å². The maximum absolute atomic E-state index is 12.7. The van der Waals surface area contributed by atoms with E-state index in [0.717, 1.165) is 6.07 Å². The third-order valence-electron chi connectivity index (χ3n) is 2.86. The first-order chi connectivity index (χ1) is 8.91. The van der Waals surface area contributed by atoms with Gasteiger partial charge in [-0.25, -0.2) is 0 Å². The van der Waals surface area contributed by atoms with Crippen LogP contribution in [-0.2, 0) is 6.18 Å². The highest BCUT2D eigenvalue weighted by Gasteiger charge is 2.34. The summed E-state index contributed by atoms with van der Waals surface area (Å²) in [6.07, 6.45) is -5.71. The van der Waals surface area contributed by atoms with Gasteiger partial charge in [-0.15, -0.1) is 0 Å². The molecule has 2 nitrogen and oxygen atoms in total. The highest BCUT2D eigenvalue weighted by molar-refractivity contribution is 5.57. The number of rotatable bonds is 2. The monoisotopic (exact) mass is 267 g/mol. The number of para-hydroxylation sites is 1. The number of hydrogen-bond acceptors (Lipinski definition) is 2. The molecule has 2 rings (SSSR count). The summed E-state index contributed by atoms with van der Waals surface area (Å²) in [6, 6.07) is 11.9. The molecule has 100 valence electrons. The van der Waals surface area contributed by atoms with Crippen LogP contribution in [-0.4, -0.2) is 5.11 Å². The molecule has 0 spiro atoms. The van der Waals surface area contributed by atoms with Gasteiger partial charge in [0.25, 0.3) is 0 Å². The summed E-state index contributed by atoms with van der Waals surface area (Å²) in [5.74, 6) is 0. The second kappa shape index (κ2) is 4.93. The molecule has 0 fully saturated rings. The number of anilines is 1. The second-order valence-corrected chi connectivity index (χ2v) is 4.12. The van der Waals surface area contributed by atoms with E-state index in [9.17, 15) is 18.3 Å². The van der Waals surface area contributed by atoms with Crippen molar-refractivity contribution < 1.29 is 18.3 Å². The van der Waals surface area contributed by atoms with Crippen LogP contribution in [0.15, 0.2) is 48.5 Å². The van der Waals surface area contributed by atoms with E-state index in [0.29, 0.717) is 5.56 Å². The molecule has 0 radical (unpaired) electrons. The molecular formula is C14H12F3NO. The Hall–Kier alpha value is -2.01. The van der Waals surface area contributed by atoms with Gasteiger partial charge in [0.2, 0.25) is 0 Å². The molecule has 1 unspecified atom stereocenters. The first kappa shape index (κ1) is 13.4. The summed E-state index contributed by atoms with van der Waals surface area (Å²) in [6.45, 7) is 0. The maximum atomic E-state index is 12.7. The normalized spacial score (nSPS) is 13.3. The minimum absolute atomic E-state index is 0.0565. The molecule has 0 aromatic heterocycles. The number of hydrogen-bond donors (Lipinski definition) is 2. The fraction of sp³-hybridized carbons (Fsp3) is 0.143. The first-order valence-electron chi connectivity index (χ1n) is 5.60. The lowest BCUT2D eigenvalue weighted by atomic mass is 9.97. The molecule has 3 N–H and O–H groups in total. The summed E-state index contributed by atoms with van der Waals surface area (Å²) in [7, 11) is 0. The molecular weight excluding hydrogens is 255 g/mol. The fourth-order valence-electron chi connectivity index (χ4n) is 1.88. The highest BCUT2D eigenvalue weighted by atomic mass is 19.4. The van der Waals surface area contributed by atoms with Gasteiger partial charge in [0.05, 0.1) is 5.56 Å². The molecule has 5 heteroatoms. The van der Waals surface area contributed by atoms with Crippen LogP contribution in [0.3, 0.4) is 0 Å². The summed E-state index contributed by atoms with van der Waals surface area (Å²) >= 11 is 0. The van der Waals surface area contributed by atoms with Crippen molar-refractivity contribution >= 4 is 5.69 Å². The van der Waals surface area contributed by atoms with E-state index in [1.54, 1.807) is 30.3 Å². The van der Waals surface area contributed by atoms with Crippen molar-refractivity contribution in [3.63, 3.8) is 0 Å². The molecule has 0 aliphatic carbocycles. The second-order valence-electron chi connectivity index (χ2n) is 4.12. The lowest BCUT2D eigenvalue weighted by molar-refractivity contribution is -0.137. The predicted octanol–water partition coefficient (Wildman–Crippen LogP) is 3.37. The maximum Gasteiger partial charge on any atom is 0.418 e. The third kappa shape index (κ3) is 2.71. The van der Waals surface area contributed by atoms with Crippen LogP contribution in [0.4, 0.5) is 18.9 Å². The molecule has 0 saturated carbocycles. The van der Waals surface area contributed by atoms with E-state index in [-0.39, 0.29) is 5.56 Å². The van der Waals surface area contributed by atoms with Crippen LogP contribution >= 0.6 is 0 Å². The summed E-state index contributed by atoms with van der Waals surface area (Å²) in [5, 5.41) is 10.1. The van der Waals surface area contributed by atoms with Gasteiger partial charge in [0, 0.05) is 11.3 Å². The molecule has 0 saturated heterocycles. The van der Waals surface area contributed by atoms with Gasteiger partial charge in [-0.1, -0.05) is 42.5 Å². The van der Waals surface area contributed by atoms with Gasteiger partial charge < -0.3 is 10.8 Å². The number of nitrogen functional groups attached to an aromatic ring is 1. The molecule has 0 amide bonds. The fourth-order valence-corrected chi connectivity index (χ4v) is 1.88. The molecule has 0 aliphatic rings. The van der Waals surface area contributed by atoms with Crippen molar-refractivity contribution in [3.8, 4) is 0 Å². The molecule has 2 aromatic carbocycles. The molecule has 0 heterocycles. The van der Waals surface area contributed by atoms with Crippen LogP contribution in [0.2, 0.25) is 0 Å². The largest absolute Gasteiger partial charge is 0.418 e. The summed E-state index contributed by atoms with van der Waals surface area (Å²) in [4.78, 5) is 0. The number of aliphatic hydroxyl groups is 1. The SMILES string of the molecule is Nc1c(C(O)c2ccccc2)cccc1C(F)(F)F. The molecule has 1 atom stereocenters. The zero-order valence-electron chi connectivity index (χ0n) is 9.85. The Balaban J connectivity index is 2.47. The minimum atomic E-state index is -4.53. The van der Waals surface area contributed by atoms with Crippen molar-refractivity contribution in [2.24, 2.45) is 0 Å². The van der Waals surface area contributed by atoms with Crippen molar-refractivity contribution in [2.75, 3.05) is 5.73 Å². The quantitative estimate of drug-likeness (QED) is 0.819. The van der Waals surface area contributed by atoms with Gasteiger partial charge >= 0.3 is 6.18 Å². The van der Waals surface area contributed by atoms with Crippen LogP contribution in [0, 0.1) is 0 Å². The lowest BCUT2D eigenvalue weighted by Gasteiger charge is -2.17. The van der Waals surface area contributed by atoms with Crippen LogP contribution < -0.4 is 5.73 Å². The number of nitrogens with two attached hydrogens (primary N) is 1. The number of halogens is 3. The molecule has 0 aliphatic heterocycles. The lowest BCUT2D eigenvalue weighted by Crippen LogP contribution is -2.12. The number of benzene rings is 2. The zero-order chi connectivity index (χ0) is 14.0. The molecule has 0 bridgehead atoms. The molecule has 19 heavy (non-hydrogen) atoms. The van der Waals surface area contributed by atoms with Crippen molar-refractivity contribution in [1.29, 1.82) is 0 Å². The predicted molar refractivity (Wildman–Crippen MR) is 66.4 cm³/mol. The summed E-state index contributed by atoms with van der Waals surface area (Å²) < 4.78 is 38.2. The van der Waals surface area contributed by atoms with E-state index in [1.165, 1.54) is 12.1 Å².